The van der Waals surface area contributed by atoms with Crippen LogP contribution >= 0.6 is 0 Å². The summed E-state index contributed by atoms with van der Waals surface area (Å²) in [7, 11) is 0. The number of carbonyl (C=O) groups is 1. The lowest BCUT2D eigenvalue weighted by molar-refractivity contribution is 0.0450. The molecule has 1 fully saturated rings. The number of primary amides is 1. The van der Waals surface area contributed by atoms with E-state index >= 15 is 0 Å². The predicted octanol–water partition coefficient (Wildman–Crippen LogP) is 0.582. The molecule has 14 heavy (non-hydrogen) atoms. The van der Waals surface area contributed by atoms with E-state index in [9.17, 15) is 9.90 Å². The van der Waals surface area contributed by atoms with Gasteiger partial charge in [0, 0.05) is 11.6 Å². The number of urea groups is 1. The zero-order valence-corrected chi connectivity index (χ0v) is 8.58. The first-order valence-corrected chi connectivity index (χ1v) is 4.75. The molecular formula is C9H17N3O2. The van der Waals surface area contributed by atoms with Crippen LogP contribution < -0.4 is 11.2 Å². The minimum Gasteiger partial charge on any atom is -0.390 e. The average Bonchev–Trinajstić information content (AvgIpc) is 2.46. The van der Waals surface area contributed by atoms with E-state index in [1.165, 1.54) is 0 Å². The van der Waals surface area contributed by atoms with Gasteiger partial charge in [-0.05, 0) is 33.1 Å². The van der Waals surface area contributed by atoms with Gasteiger partial charge in [-0.3, -0.25) is 0 Å². The van der Waals surface area contributed by atoms with Gasteiger partial charge >= 0.3 is 6.03 Å². The topological polar surface area (TPSA) is 87.7 Å². The molecule has 5 nitrogen and oxygen atoms in total. The third-order valence-corrected chi connectivity index (χ3v) is 2.49. The van der Waals surface area contributed by atoms with Gasteiger partial charge < -0.3 is 10.8 Å². The van der Waals surface area contributed by atoms with Crippen LogP contribution in [0.15, 0.2) is 5.10 Å². The minimum absolute atomic E-state index is 0.0225. The lowest BCUT2D eigenvalue weighted by atomic mass is 9.89. The number of nitrogens with zero attached hydrogens (tertiary/aromatic N) is 1. The molecular weight excluding hydrogens is 182 g/mol. The molecule has 0 aromatic rings. The van der Waals surface area contributed by atoms with E-state index in [4.69, 9.17) is 5.73 Å². The predicted molar refractivity (Wildman–Crippen MR) is 53.8 cm³/mol. The van der Waals surface area contributed by atoms with Gasteiger partial charge in [-0.2, -0.15) is 5.10 Å². The van der Waals surface area contributed by atoms with Gasteiger partial charge in [0.2, 0.25) is 0 Å². The summed E-state index contributed by atoms with van der Waals surface area (Å²) in [5, 5.41) is 13.7. The number of rotatable bonds is 2. The van der Waals surface area contributed by atoms with E-state index in [2.05, 4.69) is 10.5 Å². The second-order valence-corrected chi connectivity index (χ2v) is 4.18. The Labute approximate surface area is 83.4 Å². The van der Waals surface area contributed by atoms with Gasteiger partial charge in [0.1, 0.15) is 0 Å². The van der Waals surface area contributed by atoms with Crippen molar-refractivity contribution in [3.8, 4) is 0 Å². The number of nitrogens with one attached hydrogen (secondary N) is 1. The first kappa shape index (κ1) is 11.0. The summed E-state index contributed by atoms with van der Waals surface area (Å²) in [5.41, 5.74) is 7.16. The van der Waals surface area contributed by atoms with Crippen molar-refractivity contribution in [2.75, 3.05) is 0 Å². The Bertz CT molecular complexity index is 255. The third-order valence-electron chi connectivity index (χ3n) is 2.49. The van der Waals surface area contributed by atoms with Crippen molar-refractivity contribution in [2.24, 2.45) is 16.8 Å². The Balaban J connectivity index is 2.68. The van der Waals surface area contributed by atoms with Crippen LogP contribution in [0.5, 0.6) is 0 Å². The molecule has 1 aliphatic carbocycles. The van der Waals surface area contributed by atoms with Crippen LogP contribution in [0.2, 0.25) is 0 Å². The van der Waals surface area contributed by atoms with Crippen LogP contribution in [0.3, 0.4) is 0 Å². The van der Waals surface area contributed by atoms with E-state index in [-0.39, 0.29) is 5.92 Å². The van der Waals surface area contributed by atoms with E-state index < -0.39 is 11.6 Å². The summed E-state index contributed by atoms with van der Waals surface area (Å²) in [5.74, 6) is 0.0225. The molecule has 0 saturated heterocycles. The summed E-state index contributed by atoms with van der Waals surface area (Å²) < 4.78 is 0. The molecule has 5 heteroatoms. The number of carbonyl (C=O) groups excluding carboxylic acids is 1. The summed E-state index contributed by atoms with van der Waals surface area (Å²) in [6.45, 7) is 3.51. The van der Waals surface area contributed by atoms with Gasteiger partial charge in [-0.25, -0.2) is 10.2 Å². The number of nitrogens with two attached hydrogens (primary N) is 1. The molecule has 1 rings (SSSR count). The van der Waals surface area contributed by atoms with Gasteiger partial charge in [0.15, 0.2) is 0 Å². The summed E-state index contributed by atoms with van der Waals surface area (Å²) in [6, 6.07) is -0.668. The number of aliphatic hydroxyl groups is 1. The molecule has 0 aliphatic heterocycles. The molecule has 80 valence electrons. The summed E-state index contributed by atoms with van der Waals surface area (Å²) >= 11 is 0. The normalized spacial score (nSPS) is 25.4. The van der Waals surface area contributed by atoms with Crippen LogP contribution in [0.1, 0.15) is 33.1 Å². The highest BCUT2D eigenvalue weighted by molar-refractivity contribution is 5.90. The van der Waals surface area contributed by atoms with E-state index in [0.717, 1.165) is 25.0 Å². The fourth-order valence-electron chi connectivity index (χ4n) is 1.85. The van der Waals surface area contributed by atoms with Gasteiger partial charge in [0.05, 0.1) is 5.60 Å². The van der Waals surface area contributed by atoms with Crippen LogP contribution in [-0.2, 0) is 0 Å². The largest absolute Gasteiger partial charge is 0.390 e. The Morgan fingerprint density at radius 3 is 2.86 bits per heavy atom. The van der Waals surface area contributed by atoms with Crippen LogP contribution in [0.4, 0.5) is 4.79 Å². The lowest BCUT2D eigenvalue weighted by Gasteiger charge is -2.25. The van der Waals surface area contributed by atoms with Gasteiger partial charge in [-0.1, -0.05) is 0 Å². The molecule has 2 amide bonds. The fourth-order valence-corrected chi connectivity index (χ4v) is 1.85. The van der Waals surface area contributed by atoms with E-state index in [1.54, 1.807) is 13.8 Å². The van der Waals surface area contributed by atoms with Gasteiger partial charge in [0.25, 0.3) is 0 Å². The maximum atomic E-state index is 10.5. The van der Waals surface area contributed by atoms with Crippen molar-refractivity contribution in [1.82, 2.24) is 5.43 Å². The number of amides is 2. The molecule has 0 bridgehead atoms. The average molecular weight is 199 g/mol. The lowest BCUT2D eigenvalue weighted by Crippen LogP contribution is -2.35. The van der Waals surface area contributed by atoms with Crippen molar-refractivity contribution in [1.29, 1.82) is 0 Å². The SMILES string of the molecule is CC(C)(O)[C@H]1CCC/C1=N/NC(N)=O. The van der Waals surface area contributed by atoms with E-state index in [1.807, 2.05) is 0 Å². The van der Waals surface area contributed by atoms with Crippen LogP contribution in [0, 0.1) is 5.92 Å². The number of hydrogen-bond acceptors (Lipinski definition) is 3. The molecule has 4 N–H and O–H groups in total. The summed E-state index contributed by atoms with van der Waals surface area (Å²) in [6.07, 6.45) is 2.71. The van der Waals surface area contributed by atoms with E-state index in [0.29, 0.717) is 0 Å². The number of hydrogen-bond donors (Lipinski definition) is 3. The van der Waals surface area contributed by atoms with Crippen LogP contribution in [-0.4, -0.2) is 22.5 Å². The maximum Gasteiger partial charge on any atom is 0.332 e. The van der Waals surface area contributed by atoms with Gasteiger partial charge in [-0.15, -0.1) is 0 Å². The molecule has 0 aromatic carbocycles. The highest BCUT2D eigenvalue weighted by Gasteiger charge is 2.34. The third kappa shape index (κ3) is 2.70. The first-order chi connectivity index (χ1) is 6.41. The molecule has 1 aliphatic rings. The Morgan fingerprint density at radius 2 is 2.36 bits per heavy atom. The van der Waals surface area contributed by atoms with Crippen molar-refractivity contribution in [3.63, 3.8) is 0 Å². The zero-order chi connectivity index (χ0) is 10.8. The second kappa shape index (κ2) is 3.96. The Hall–Kier alpha value is -1.10. The Kier molecular flexibility index (Phi) is 3.10. The van der Waals surface area contributed by atoms with Crippen molar-refractivity contribution >= 4 is 11.7 Å². The fraction of sp³-hybridized carbons (Fsp3) is 0.778. The molecule has 0 spiro atoms. The highest BCUT2D eigenvalue weighted by Crippen LogP contribution is 2.31. The quantitative estimate of drug-likeness (QED) is 0.568. The molecule has 0 aromatic heterocycles. The molecule has 0 heterocycles. The smallest absolute Gasteiger partial charge is 0.332 e. The monoisotopic (exact) mass is 199 g/mol. The second-order valence-electron chi connectivity index (χ2n) is 4.18. The standard InChI is InChI=1S/C9H17N3O2/c1-9(2,14)6-4-3-5-7(6)11-12-8(10)13/h6,14H,3-5H2,1-2H3,(H3,10,12,13)/b11-7-/t6-/m0/s1. The Morgan fingerprint density at radius 1 is 1.71 bits per heavy atom. The first-order valence-electron chi connectivity index (χ1n) is 4.75. The van der Waals surface area contributed by atoms with Crippen molar-refractivity contribution in [3.05, 3.63) is 0 Å². The van der Waals surface area contributed by atoms with Crippen LogP contribution in [0.25, 0.3) is 0 Å². The summed E-state index contributed by atoms with van der Waals surface area (Å²) in [4.78, 5) is 10.5. The number of hydrazone groups is 1. The minimum atomic E-state index is -0.783. The zero-order valence-electron chi connectivity index (χ0n) is 8.58. The highest BCUT2D eigenvalue weighted by atomic mass is 16.3. The van der Waals surface area contributed by atoms with Crippen molar-refractivity contribution < 1.29 is 9.90 Å². The molecule has 1 atom stereocenters. The molecule has 1 saturated carbocycles. The molecule has 0 unspecified atom stereocenters. The maximum absolute atomic E-state index is 10.5. The molecule has 0 radical (unpaired) electrons. The van der Waals surface area contributed by atoms with Crippen molar-refractivity contribution in [2.45, 2.75) is 38.7 Å².